The van der Waals surface area contributed by atoms with E-state index in [-0.39, 0.29) is 12.2 Å². The highest BCUT2D eigenvalue weighted by molar-refractivity contribution is 6.38. The van der Waals surface area contributed by atoms with Gasteiger partial charge in [-0.05, 0) is 76.2 Å². The van der Waals surface area contributed by atoms with E-state index in [0.717, 1.165) is 32.9 Å². The van der Waals surface area contributed by atoms with Gasteiger partial charge in [0.1, 0.15) is 17.5 Å². The number of nitriles is 1. The number of nitrogens with zero attached hydrogens (tertiary/aromatic N) is 4. The highest BCUT2D eigenvalue weighted by atomic mass is 35.5. The molecule has 0 spiro atoms. The number of carboxylic acid groups (broad SMARTS) is 1. The minimum atomic E-state index is -0.988. The number of fused-ring (bicyclic) bond motifs is 2. The second-order valence-electron chi connectivity index (χ2n) is 11.0. The van der Waals surface area contributed by atoms with Crippen LogP contribution in [-0.2, 0) is 9.47 Å². The number of nitrogens with two attached hydrogens (primary N) is 1. The van der Waals surface area contributed by atoms with Crippen LogP contribution in [0.1, 0.15) is 61.6 Å². The first-order valence-electron chi connectivity index (χ1n) is 16.0. The molecule has 0 radical (unpaired) electrons. The number of carboxylic acids is 1. The first-order valence-corrected chi connectivity index (χ1v) is 16.3. The minimum absolute atomic E-state index is 0.155. The maximum atomic E-state index is 12.4. The number of esters is 2. The zero-order valence-corrected chi connectivity index (χ0v) is 29.6. The van der Waals surface area contributed by atoms with E-state index in [2.05, 4.69) is 26.3 Å². The Kier molecular flexibility index (Phi) is 13.2. The van der Waals surface area contributed by atoms with E-state index in [0.29, 0.717) is 45.5 Å². The number of anilines is 3. The van der Waals surface area contributed by atoms with Gasteiger partial charge in [-0.2, -0.15) is 5.26 Å². The topological polar surface area (TPSA) is 190 Å². The normalized spacial score (nSPS) is 10.2. The van der Waals surface area contributed by atoms with Crippen molar-refractivity contribution in [1.82, 2.24) is 15.0 Å². The Labute approximate surface area is 304 Å². The summed E-state index contributed by atoms with van der Waals surface area (Å²) in [6, 6.07) is 23.3. The molecule has 0 amide bonds. The molecular weight excluding hydrogens is 684 g/mol. The number of carbonyl (C=O) groups excluding carboxylic acids is 2. The molecule has 52 heavy (non-hydrogen) atoms. The molecule has 0 aliphatic heterocycles. The molecule has 4 N–H and O–H groups in total. The molecular formula is C39H35ClN6O6. The van der Waals surface area contributed by atoms with Gasteiger partial charge in [-0.15, -0.1) is 0 Å². The summed E-state index contributed by atoms with van der Waals surface area (Å²) in [7, 11) is 0. The fourth-order valence-electron chi connectivity index (χ4n) is 4.84. The molecule has 0 unspecified atom stereocenters. The van der Waals surface area contributed by atoms with Crippen molar-refractivity contribution in [3.8, 4) is 6.07 Å². The highest BCUT2D eigenvalue weighted by Crippen LogP contribution is 2.31. The third-order valence-electron chi connectivity index (χ3n) is 7.33. The van der Waals surface area contributed by atoms with Gasteiger partial charge >= 0.3 is 17.9 Å². The lowest BCUT2D eigenvalue weighted by atomic mass is 10.1. The molecule has 3 aromatic heterocycles. The fraction of sp³-hybridized carbons (Fsp3) is 0.154. The summed E-state index contributed by atoms with van der Waals surface area (Å²) in [5, 5.41) is 22.8. The minimum Gasteiger partial charge on any atom is -0.478 e. The number of nitrogens with one attached hydrogen (secondary N) is 1. The Bertz CT molecular complexity index is 2310. The van der Waals surface area contributed by atoms with Crippen molar-refractivity contribution in [2.24, 2.45) is 0 Å². The molecule has 3 heterocycles. The molecule has 12 nitrogen and oxygen atoms in total. The van der Waals surface area contributed by atoms with E-state index >= 15 is 0 Å². The van der Waals surface area contributed by atoms with Crippen molar-refractivity contribution in [1.29, 1.82) is 5.26 Å². The van der Waals surface area contributed by atoms with E-state index < -0.39 is 17.9 Å². The predicted molar refractivity (Wildman–Crippen MR) is 200 cm³/mol. The lowest BCUT2D eigenvalue weighted by Gasteiger charge is -2.14. The van der Waals surface area contributed by atoms with E-state index in [1.807, 2.05) is 50.2 Å². The standard InChI is InChI=1S/C19H16N4O2.C13H12ClNO2.C7H7NO2/c1-3-25-19(24)15-11-22-16-7-6-12(2)9-14(16)17(15)23-18-13(10-20)5-4-8-21-18;1-3-17-13(16)10-7-15-11-5-4-8(2)6-9(11)12(10)14;8-6-4-2-1-3-5(6)7(9)10/h4-9,11H,3H2,1-2H3,(H,21,22,23);4-7H,3H2,1-2H3;1-4H,8H2,(H,9,10). The van der Waals surface area contributed by atoms with Gasteiger partial charge in [-0.3, -0.25) is 9.97 Å². The number of aromatic nitrogens is 3. The van der Waals surface area contributed by atoms with E-state index in [9.17, 15) is 19.6 Å². The van der Waals surface area contributed by atoms with Gasteiger partial charge in [-0.1, -0.05) is 47.0 Å². The van der Waals surface area contributed by atoms with E-state index in [1.165, 1.54) is 18.5 Å². The number of pyridine rings is 3. The molecule has 0 atom stereocenters. The monoisotopic (exact) mass is 718 g/mol. The molecule has 13 heteroatoms. The Morgan fingerprint density at radius 2 is 1.38 bits per heavy atom. The molecule has 0 fully saturated rings. The van der Waals surface area contributed by atoms with Crippen LogP contribution < -0.4 is 11.1 Å². The van der Waals surface area contributed by atoms with Gasteiger partial charge in [0.2, 0.25) is 0 Å². The third kappa shape index (κ3) is 9.35. The number of hydrogen-bond donors (Lipinski definition) is 3. The van der Waals surface area contributed by atoms with Gasteiger partial charge in [0, 0.05) is 35.1 Å². The number of nitrogen functional groups attached to an aromatic ring is 1. The largest absolute Gasteiger partial charge is 0.478 e. The first-order chi connectivity index (χ1) is 25.0. The molecule has 0 aliphatic rings. The second-order valence-corrected chi connectivity index (χ2v) is 11.4. The molecule has 6 rings (SSSR count). The van der Waals surface area contributed by atoms with Crippen LogP contribution in [0.15, 0.2) is 91.4 Å². The summed E-state index contributed by atoms with van der Waals surface area (Å²) in [5.41, 5.74) is 10.9. The lowest BCUT2D eigenvalue weighted by Crippen LogP contribution is -2.10. The molecule has 0 saturated carbocycles. The first kappa shape index (κ1) is 38.2. The summed E-state index contributed by atoms with van der Waals surface area (Å²) in [6.45, 7) is 8.01. The molecule has 0 aliphatic carbocycles. The molecule has 264 valence electrons. The van der Waals surface area contributed by atoms with Crippen LogP contribution in [0.25, 0.3) is 21.8 Å². The maximum absolute atomic E-state index is 12.4. The van der Waals surface area contributed by atoms with Crippen LogP contribution in [0, 0.1) is 25.2 Å². The molecule has 3 aromatic carbocycles. The highest BCUT2D eigenvalue weighted by Gasteiger charge is 2.19. The van der Waals surface area contributed by atoms with Gasteiger partial charge in [-0.25, -0.2) is 19.4 Å². The lowest BCUT2D eigenvalue weighted by molar-refractivity contribution is 0.0517. The van der Waals surface area contributed by atoms with Crippen molar-refractivity contribution in [2.45, 2.75) is 27.7 Å². The smallest absolute Gasteiger partial charge is 0.341 e. The van der Waals surface area contributed by atoms with Crippen LogP contribution >= 0.6 is 11.6 Å². The Hall–Kier alpha value is -6.58. The zero-order chi connectivity index (χ0) is 37.8. The quantitative estimate of drug-likeness (QED) is 0.106. The van der Waals surface area contributed by atoms with Crippen molar-refractivity contribution in [2.75, 3.05) is 24.3 Å². The van der Waals surface area contributed by atoms with Crippen LogP contribution in [0.5, 0.6) is 0 Å². The van der Waals surface area contributed by atoms with Crippen molar-refractivity contribution in [3.63, 3.8) is 0 Å². The van der Waals surface area contributed by atoms with Gasteiger partial charge < -0.3 is 25.6 Å². The van der Waals surface area contributed by atoms with Crippen LogP contribution in [-0.4, -0.2) is 51.2 Å². The number of aromatic carboxylic acids is 1. The maximum Gasteiger partial charge on any atom is 0.341 e. The number of aryl methyl sites for hydroxylation is 2. The fourth-order valence-corrected chi connectivity index (χ4v) is 5.11. The summed E-state index contributed by atoms with van der Waals surface area (Å²) < 4.78 is 10.1. The predicted octanol–water partition coefficient (Wildman–Crippen LogP) is 8.07. The van der Waals surface area contributed by atoms with Crippen molar-refractivity contribution >= 4 is 68.5 Å². The molecule has 0 saturated heterocycles. The number of hydrogen-bond acceptors (Lipinski definition) is 11. The number of rotatable bonds is 7. The molecule has 6 aromatic rings. The zero-order valence-electron chi connectivity index (χ0n) is 28.8. The number of ether oxygens (including phenoxy) is 2. The van der Waals surface area contributed by atoms with Gasteiger partial charge in [0.05, 0.1) is 51.6 Å². The SMILES string of the molecule is CCOC(=O)c1cnc2ccc(C)cc2c1Cl.CCOC(=O)c1cnc2ccc(C)cc2c1Nc1ncccc1C#N.Nc1ccccc1C(=O)O. The average Bonchev–Trinajstić information content (AvgIpc) is 3.13. The van der Waals surface area contributed by atoms with E-state index in [1.54, 1.807) is 50.4 Å². The Balaban J connectivity index is 0.000000193. The average molecular weight is 719 g/mol. The number of para-hydroxylation sites is 1. The molecule has 0 bridgehead atoms. The second kappa shape index (κ2) is 17.9. The van der Waals surface area contributed by atoms with Crippen molar-refractivity contribution < 1.29 is 29.0 Å². The van der Waals surface area contributed by atoms with Crippen LogP contribution in [0.4, 0.5) is 17.2 Å². The Morgan fingerprint density at radius 1 is 0.808 bits per heavy atom. The number of carbonyl (C=O) groups is 3. The summed E-state index contributed by atoms with van der Waals surface area (Å²) in [5.74, 6) is -1.52. The van der Waals surface area contributed by atoms with Gasteiger partial charge in [0.15, 0.2) is 0 Å². The van der Waals surface area contributed by atoms with Crippen LogP contribution in [0.3, 0.4) is 0 Å². The summed E-state index contributed by atoms with van der Waals surface area (Å²) in [4.78, 5) is 47.1. The summed E-state index contributed by atoms with van der Waals surface area (Å²) in [6.07, 6.45) is 4.52. The number of benzene rings is 3. The van der Waals surface area contributed by atoms with Crippen LogP contribution in [0.2, 0.25) is 5.02 Å². The third-order valence-corrected chi connectivity index (χ3v) is 7.74. The Morgan fingerprint density at radius 3 is 1.96 bits per heavy atom. The van der Waals surface area contributed by atoms with Crippen molar-refractivity contribution in [3.05, 3.63) is 130 Å². The summed E-state index contributed by atoms with van der Waals surface area (Å²) >= 11 is 6.20. The number of halogens is 1. The van der Waals surface area contributed by atoms with Gasteiger partial charge in [0.25, 0.3) is 0 Å². The van der Waals surface area contributed by atoms with E-state index in [4.69, 9.17) is 31.9 Å².